The summed E-state index contributed by atoms with van der Waals surface area (Å²) in [5.41, 5.74) is 6.21. The monoisotopic (exact) mass is 181 g/mol. The number of benzene rings is 1. The van der Waals surface area contributed by atoms with Gasteiger partial charge in [-0.1, -0.05) is 12.1 Å². The maximum atomic E-state index is 13.2. The van der Waals surface area contributed by atoms with E-state index >= 15 is 0 Å². The summed E-state index contributed by atoms with van der Waals surface area (Å²) in [5.74, 6) is 0.0300. The van der Waals surface area contributed by atoms with Crippen LogP contribution in [0.25, 0.3) is 0 Å². The van der Waals surface area contributed by atoms with Crippen LogP contribution in [0.4, 0.5) is 4.39 Å². The van der Waals surface area contributed by atoms with Crippen LogP contribution in [0.2, 0.25) is 0 Å². The highest BCUT2D eigenvalue weighted by Gasteiger charge is 2.25. The van der Waals surface area contributed by atoms with Crippen LogP contribution in [0.5, 0.6) is 5.75 Å². The molecule has 2 nitrogen and oxygen atoms in total. The van der Waals surface area contributed by atoms with E-state index < -0.39 is 0 Å². The average Bonchev–Trinajstić information content (AvgIpc) is 2.92. The van der Waals surface area contributed by atoms with Crippen molar-refractivity contribution in [3.8, 4) is 5.75 Å². The lowest BCUT2D eigenvalue weighted by Crippen LogP contribution is -2.05. The van der Waals surface area contributed by atoms with E-state index in [-0.39, 0.29) is 11.9 Å². The molecule has 3 heteroatoms. The van der Waals surface area contributed by atoms with Gasteiger partial charge in [-0.3, -0.25) is 0 Å². The SMILES string of the molecule is NCc1cccc(F)c1OC1CC1. The molecule has 0 unspecified atom stereocenters. The van der Waals surface area contributed by atoms with Crippen molar-refractivity contribution in [3.05, 3.63) is 29.6 Å². The Hall–Kier alpha value is -1.09. The predicted octanol–water partition coefficient (Wildman–Crippen LogP) is 1.83. The number of rotatable bonds is 3. The molecule has 0 spiro atoms. The fourth-order valence-corrected chi connectivity index (χ4v) is 1.20. The van der Waals surface area contributed by atoms with E-state index in [0.29, 0.717) is 12.3 Å². The zero-order chi connectivity index (χ0) is 9.26. The van der Waals surface area contributed by atoms with Gasteiger partial charge >= 0.3 is 0 Å². The first kappa shape index (κ1) is 8.51. The Morgan fingerprint density at radius 2 is 2.23 bits per heavy atom. The van der Waals surface area contributed by atoms with Crippen LogP contribution in [0.3, 0.4) is 0 Å². The van der Waals surface area contributed by atoms with E-state index in [1.54, 1.807) is 12.1 Å². The molecule has 1 aliphatic rings. The van der Waals surface area contributed by atoms with Gasteiger partial charge in [0.2, 0.25) is 0 Å². The zero-order valence-corrected chi connectivity index (χ0v) is 7.29. The summed E-state index contributed by atoms with van der Waals surface area (Å²) in [6.07, 6.45) is 2.26. The Bertz CT molecular complexity index is 310. The summed E-state index contributed by atoms with van der Waals surface area (Å²) >= 11 is 0. The summed E-state index contributed by atoms with van der Waals surface area (Å²) in [7, 11) is 0. The van der Waals surface area contributed by atoms with E-state index in [0.717, 1.165) is 18.4 Å². The molecular weight excluding hydrogens is 169 g/mol. The van der Waals surface area contributed by atoms with Crippen molar-refractivity contribution in [2.24, 2.45) is 5.73 Å². The lowest BCUT2D eigenvalue weighted by molar-refractivity contribution is 0.284. The molecule has 2 N–H and O–H groups in total. The molecule has 0 saturated heterocycles. The van der Waals surface area contributed by atoms with Crippen molar-refractivity contribution in [3.63, 3.8) is 0 Å². The molecule has 13 heavy (non-hydrogen) atoms. The fourth-order valence-electron chi connectivity index (χ4n) is 1.20. The molecule has 0 amide bonds. The normalized spacial score (nSPS) is 15.8. The van der Waals surface area contributed by atoms with Gasteiger partial charge in [0.15, 0.2) is 11.6 Å². The van der Waals surface area contributed by atoms with Gasteiger partial charge in [-0.2, -0.15) is 0 Å². The molecule has 1 aromatic rings. The average molecular weight is 181 g/mol. The van der Waals surface area contributed by atoms with E-state index in [1.807, 2.05) is 0 Å². The Kier molecular flexibility index (Phi) is 2.19. The summed E-state index contributed by atoms with van der Waals surface area (Å²) in [6, 6.07) is 4.84. The number of hydrogen-bond acceptors (Lipinski definition) is 2. The van der Waals surface area contributed by atoms with Gasteiger partial charge in [0.05, 0.1) is 6.10 Å². The van der Waals surface area contributed by atoms with Gasteiger partial charge in [0.1, 0.15) is 0 Å². The minimum Gasteiger partial charge on any atom is -0.487 e. The van der Waals surface area contributed by atoms with Crippen LogP contribution in [0.1, 0.15) is 18.4 Å². The van der Waals surface area contributed by atoms with Crippen LogP contribution in [0.15, 0.2) is 18.2 Å². The van der Waals surface area contributed by atoms with Gasteiger partial charge in [-0.05, 0) is 18.9 Å². The van der Waals surface area contributed by atoms with Crippen molar-refractivity contribution in [1.82, 2.24) is 0 Å². The third-order valence-electron chi connectivity index (χ3n) is 2.08. The van der Waals surface area contributed by atoms with E-state index in [1.165, 1.54) is 6.07 Å². The Morgan fingerprint density at radius 1 is 1.46 bits per heavy atom. The largest absolute Gasteiger partial charge is 0.487 e. The quantitative estimate of drug-likeness (QED) is 0.772. The topological polar surface area (TPSA) is 35.2 Å². The standard InChI is InChI=1S/C10H12FNO/c11-9-3-1-2-7(6-12)10(9)13-8-4-5-8/h1-3,8H,4-6,12H2. The Labute approximate surface area is 76.5 Å². The number of para-hydroxylation sites is 1. The lowest BCUT2D eigenvalue weighted by atomic mass is 10.2. The maximum absolute atomic E-state index is 13.2. The molecule has 0 aromatic heterocycles. The molecule has 1 aromatic carbocycles. The van der Waals surface area contributed by atoms with Crippen molar-refractivity contribution in [1.29, 1.82) is 0 Å². The van der Waals surface area contributed by atoms with Crippen LogP contribution < -0.4 is 10.5 Å². The van der Waals surface area contributed by atoms with Crippen molar-refractivity contribution >= 4 is 0 Å². The molecule has 0 aliphatic heterocycles. The highest BCUT2D eigenvalue weighted by atomic mass is 19.1. The first-order valence-electron chi connectivity index (χ1n) is 4.45. The minimum absolute atomic E-state index is 0.210. The highest BCUT2D eigenvalue weighted by Crippen LogP contribution is 2.30. The smallest absolute Gasteiger partial charge is 0.165 e. The molecule has 0 atom stereocenters. The first-order chi connectivity index (χ1) is 6.31. The minimum atomic E-state index is -0.310. The number of hydrogen-bond donors (Lipinski definition) is 1. The first-order valence-corrected chi connectivity index (χ1v) is 4.45. The van der Waals surface area contributed by atoms with Gasteiger partial charge in [0, 0.05) is 12.1 Å². The van der Waals surface area contributed by atoms with E-state index in [9.17, 15) is 4.39 Å². The highest BCUT2D eigenvalue weighted by molar-refractivity contribution is 5.35. The van der Waals surface area contributed by atoms with Crippen molar-refractivity contribution < 1.29 is 9.13 Å². The van der Waals surface area contributed by atoms with Gasteiger partial charge in [-0.25, -0.2) is 4.39 Å². The van der Waals surface area contributed by atoms with E-state index in [2.05, 4.69) is 0 Å². The van der Waals surface area contributed by atoms with Crippen LogP contribution >= 0.6 is 0 Å². The second-order valence-electron chi connectivity index (χ2n) is 3.25. The molecule has 1 saturated carbocycles. The second-order valence-corrected chi connectivity index (χ2v) is 3.25. The fraction of sp³-hybridized carbons (Fsp3) is 0.400. The number of ether oxygens (including phenoxy) is 1. The lowest BCUT2D eigenvalue weighted by Gasteiger charge is -2.09. The Balaban J connectivity index is 2.27. The van der Waals surface area contributed by atoms with E-state index in [4.69, 9.17) is 10.5 Å². The molecule has 1 fully saturated rings. The van der Waals surface area contributed by atoms with Crippen LogP contribution in [0, 0.1) is 5.82 Å². The molecule has 1 aliphatic carbocycles. The molecule has 0 bridgehead atoms. The molecule has 2 rings (SSSR count). The molecule has 0 radical (unpaired) electrons. The Morgan fingerprint density at radius 3 is 2.85 bits per heavy atom. The summed E-state index contributed by atoms with van der Waals surface area (Å²) in [5, 5.41) is 0. The molecular formula is C10H12FNO. The third-order valence-corrected chi connectivity index (χ3v) is 2.08. The predicted molar refractivity (Wildman–Crippen MR) is 47.9 cm³/mol. The van der Waals surface area contributed by atoms with Gasteiger partial charge < -0.3 is 10.5 Å². The van der Waals surface area contributed by atoms with Crippen LogP contribution in [-0.4, -0.2) is 6.10 Å². The molecule has 70 valence electrons. The number of nitrogens with two attached hydrogens (primary N) is 1. The van der Waals surface area contributed by atoms with Gasteiger partial charge in [-0.15, -0.1) is 0 Å². The van der Waals surface area contributed by atoms with Crippen molar-refractivity contribution in [2.75, 3.05) is 0 Å². The van der Waals surface area contributed by atoms with Crippen LogP contribution in [-0.2, 0) is 6.54 Å². The van der Waals surface area contributed by atoms with Gasteiger partial charge in [0.25, 0.3) is 0 Å². The second kappa shape index (κ2) is 3.34. The summed E-state index contributed by atoms with van der Waals surface area (Å²) in [4.78, 5) is 0. The zero-order valence-electron chi connectivity index (χ0n) is 7.29. The maximum Gasteiger partial charge on any atom is 0.165 e. The molecule has 0 heterocycles. The summed E-state index contributed by atoms with van der Waals surface area (Å²) in [6.45, 7) is 0.319. The van der Waals surface area contributed by atoms with Crippen molar-refractivity contribution in [2.45, 2.75) is 25.5 Å². The summed E-state index contributed by atoms with van der Waals surface area (Å²) < 4.78 is 18.7. The third kappa shape index (κ3) is 1.80. The number of halogens is 1.